The molecule has 0 aliphatic rings. The lowest BCUT2D eigenvalue weighted by molar-refractivity contribution is 0.0957. The van der Waals surface area contributed by atoms with Crippen LogP contribution in [0.25, 0.3) is 0 Å². The number of rotatable bonds is 11. The van der Waals surface area contributed by atoms with Crippen molar-refractivity contribution in [3.05, 3.63) is 4.88 Å². The predicted octanol–water partition coefficient (Wildman–Crippen LogP) is 1.07. The maximum Gasteiger partial charge on any atom is 0.265 e. The van der Waals surface area contributed by atoms with Gasteiger partial charge in [-0.2, -0.15) is 0 Å². The summed E-state index contributed by atoms with van der Waals surface area (Å²) in [6.45, 7) is 2.01. The van der Waals surface area contributed by atoms with Gasteiger partial charge in [0.25, 0.3) is 5.91 Å². The second-order valence-electron chi connectivity index (χ2n) is 4.55. The number of amides is 1. The lowest BCUT2D eigenvalue weighted by Gasteiger charge is -2.03. The number of carbonyl (C=O) groups is 1. The van der Waals surface area contributed by atoms with Crippen molar-refractivity contribution in [3.8, 4) is 0 Å². The molecule has 1 aromatic heterocycles. The number of aromatic nitrogens is 1. The molecule has 120 valence electrons. The van der Waals surface area contributed by atoms with Crippen molar-refractivity contribution in [1.82, 2.24) is 10.3 Å². The smallest absolute Gasteiger partial charge is 0.265 e. The van der Waals surface area contributed by atoms with Crippen LogP contribution in [-0.2, 0) is 4.74 Å². The molecule has 5 N–H and O–H groups in total. The number of unbranched alkanes of at least 4 members (excludes halogenated alkanes) is 3. The normalized spacial score (nSPS) is 10.6. The van der Waals surface area contributed by atoms with Crippen LogP contribution in [0.3, 0.4) is 0 Å². The number of ether oxygens (including phenoxy) is 1. The van der Waals surface area contributed by atoms with E-state index in [-0.39, 0.29) is 18.3 Å². The van der Waals surface area contributed by atoms with Gasteiger partial charge in [0.1, 0.15) is 10.7 Å². The zero-order valence-corrected chi connectivity index (χ0v) is 13.2. The van der Waals surface area contributed by atoms with Gasteiger partial charge in [-0.15, -0.1) is 0 Å². The van der Waals surface area contributed by atoms with E-state index in [1.54, 1.807) is 7.11 Å². The Morgan fingerprint density at radius 2 is 2.10 bits per heavy atom. The first-order valence-corrected chi connectivity index (χ1v) is 7.89. The molecular weight excluding hydrogens is 292 g/mol. The monoisotopic (exact) mass is 316 g/mol. The average molecular weight is 316 g/mol. The molecule has 8 heteroatoms. The molecule has 0 aliphatic heterocycles. The molecule has 0 atom stereocenters. The van der Waals surface area contributed by atoms with Crippen LogP contribution < -0.4 is 16.4 Å². The molecule has 0 radical (unpaired) electrons. The van der Waals surface area contributed by atoms with E-state index >= 15 is 0 Å². The Morgan fingerprint density at radius 1 is 1.33 bits per heavy atom. The van der Waals surface area contributed by atoms with Gasteiger partial charge < -0.3 is 26.2 Å². The van der Waals surface area contributed by atoms with Gasteiger partial charge in [-0.3, -0.25) is 4.79 Å². The van der Waals surface area contributed by atoms with Gasteiger partial charge >= 0.3 is 0 Å². The third-order valence-corrected chi connectivity index (χ3v) is 3.84. The van der Waals surface area contributed by atoms with E-state index in [0.29, 0.717) is 29.7 Å². The Hall–Kier alpha value is -1.38. The summed E-state index contributed by atoms with van der Waals surface area (Å²) in [4.78, 5) is 16.5. The van der Waals surface area contributed by atoms with Crippen molar-refractivity contribution in [2.45, 2.75) is 25.7 Å². The molecule has 21 heavy (non-hydrogen) atoms. The van der Waals surface area contributed by atoms with E-state index in [2.05, 4.69) is 15.6 Å². The van der Waals surface area contributed by atoms with E-state index in [4.69, 9.17) is 15.6 Å². The highest BCUT2D eigenvalue weighted by atomic mass is 32.1. The lowest BCUT2D eigenvalue weighted by atomic mass is 10.2. The van der Waals surface area contributed by atoms with Gasteiger partial charge in [0.2, 0.25) is 0 Å². The quantitative estimate of drug-likeness (QED) is 0.455. The Bertz CT molecular complexity index is 426. The summed E-state index contributed by atoms with van der Waals surface area (Å²) in [5.41, 5.74) is 5.76. The molecule has 0 saturated carbocycles. The first kappa shape index (κ1) is 17.7. The standard InChI is InChI=1S/C13H24N4O3S/c1-20-9-7-16-13-17-11(14)10(21-13)12(19)15-6-4-2-3-5-8-18/h18H,2-9,14H2,1H3,(H,15,19)(H,16,17). The summed E-state index contributed by atoms with van der Waals surface area (Å²) in [6.07, 6.45) is 3.67. The minimum absolute atomic E-state index is 0.188. The second-order valence-corrected chi connectivity index (χ2v) is 5.55. The maximum atomic E-state index is 12.0. The third-order valence-electron chi connectivity index (χ3n) is 2.81. The molecule has 0 aromatic carbocycles. The highest BCUT2D eigenvalue weighted by Crippen LogP contribution is 2.24. The van der Waals surface area contributed by atoms with Crippen LogP contribution in [0, 0.1) is 0 Å². The average Bonchev–Trinajstić information content (AvgIpc) is 2.84. The number of nitrogen functional groups attached to an aromatic ring is 1. The number of aliphatic hydroxyl groups is 1. The van der Waals surface area contributed by atoms with Gasteiger partial charge in [-0.1, -0.05) is 24.2 Å². The van der Waals surface area contributed by atoms with Gasteiger partial charge in [-0.05, 0) is 12.8 Å². The first-order valence-electron chi connectivity index (χ1n) is 7.07. The highest BCUT2D eigenvalue weighted by Gasteiger charge is 2.15. The van der Waals surface area contributed by atoms with Crippen molar-refractivity contribution in [1.29, 1.82) is 0 Å². The summed E-state index contributed by atoms with van der Waals surface area (Å²) in [6, 6.07) is 0. The van der Waals surface area contributed by atoms with Crippen LogP contribution in [0.5, 0.6) is 0 Å². The summed E-state index contributed by atoms with van der Waals surface area (Å²) in [5.74, 6) is 0.0599. The summed E-state index contributed by atoms with van der Waals surface area (Å²) in [5, 5.41) is 15.2. The topological polar surface area (TPSA) is 110 Å². The minimum Gasteiger partial charge on any atom is -0.396 e. The SMILES string of the molecule is COCCNc1nc(N)c(C(=O)NCCCCCCO)s1. The molecule has 1 aromatic rings. The fraction of sp³-hybridized carbons (Fsp3) is 0.692. The van der Waals surface area contributed by atoms with Crippen molar-refractivity contribution in [3.63, 3.8) is 0 Å². The Labute approximate surface area is 128 Å². The number of aliphatic hydroxyl groups excluding tert-OH is 1. The van der Waals surface area contributed by atoms with Crippen molar-refractivity contribution in [2.24, 2.45) is 0 Å². The van der Waals surface area contributed by atoms with E-state index < -0.39 is 0 Å². The van der Waals surface area contributed by atoms with Gasteiger partial charge in [0.15, 0.2) is 5.13 Å². The second kappa shape index (κ2) is 10.4. The number of nitrogens with zero attached hydrogens (tertiary/aromatic N) is 1. The van der Waals surface area contributed by atoms with Crippen LogP contribution in [0.4, 0.5) is 10.9 Å². The van der Waals surface area contributed by atoms with E-state index in [9.17, 15) is 4.79 Å². The first-order chi connectivity index (χ1) is 10.2. The number of anilines is 2. The largest absolute Gasteiger partial charge is 0.396 e. The molecular formula is C13H24N4O3S. The number of nitrogens with two attached hydrogens (primary N) is 1. The van der Waals surface area contributed by atoms with Gasteiger partial charge in [-0.25, -0.2) is 4.98 Å². The molecule has 1 amide bonds. The van der Waals surface area contributed by atoms with Gasteiger partial charge in [0.05, 0.1) is 6.61 Å². The predicted molar refractivity (Wildman–Crippen MR) is 84.8 cm³/mol. The summed E-state index contributed by atoms with van der Waals surface area (Å²) >= 11 is 1.24. The molecule has 1 heterocycles. The summed E-state index contributed by atoms with van der Waals surface area (Å²) in [7, 11) is 1.62. The molecule has 1 rings (SSSR count). The lowest BCUT2D eigenvalue weighted by Crippen LogP contribution is -2.24. The molecule has 0 fully saturated rings. The van der Waals surface area contributed by atoms with Crippen LogP contribution in [0.1, 0.15) is 35.4 Å². The summed E-state index contributed by atoms with van der Waals surface area (Å²) < 4.78 is 4.93. The van der Waals surface area contributed by atoms with E-state index in [0.717, 1.165) is 25.7 Å². The number of hydrogen-bond donors (Lipinski definition) is 4. The van der Waals surface area contributed by atoms with Crippen molar-refractivity contribution >= 4 is 28.2 Å². The number of thiazole rings is 1. The van der Waals surface area contributed by atoms with Crippen LogP contribution in [0.15, 0.2) is 0 Å². The van der Waals surface area contributed by atoms with Crippen molar-refractivity contribution in [2.75, 3.05) is 44.5 Å². The number of carbonyl (C=O) groups excluding carboxylic acids is 1. The van der Waals surface area contributed by atoms with Crippen LogP contribution >= 0.6 is 11.3 Å². The van der Waals surface area contributed by atoms with E-state index in [1.807, 2.05) is 0 Å². The Balaban J connectivity index is 2.32. The molecule has 0 saturated heterocycles. The van der Waals surface area contributed by atoms with Crippen LogP contribution in [-0.4, -0.2) is 49.4 Å². The van der Waals surface area contributed by atoms with Crippen molar-refractivity contribution < 1.29 is 14.6 Å². The molecule has 0 unspecified atom stereocenters. The zero-order valence-electron chi connectivity index (χ0n) is 12.4. The number of nitrogens with one attached hydrogen (secondary N) is 2. The highest BCUT2D eigenvalue weighted by molar-refractivity contribution is 7.18. The zero-order chi connectivity index (χ0) is 15.5. The fourth-order valence-corrected chi connectivity index (χ4v) is 2.53. The van der Waals surface area contributed by atoms with Gasteiger partial charge in [0, 0.05) is 26.8 Å². The number of hydrogen-bond acceptors (Lipinski definition) is 7. The fourth-order valence-electron chi connectivity index (χ4n) is 1.70. The number of methoxy groups -OCH3 is 1. The minimum atomic E-state index is -0.188. The van der Waals surface area contributed by atoms with E-state index in [1.165, 1.54) is 11.3 Å². The van der Waals surface area contributed by atoms with Crippen LogP contribution in [0.2, 0.25) is 0 Å². The third kappa shape index (κ3) is 6.74. The Kier molecular flexibility index (Phi) is 8.72. The molecule has 0 bridgehead atoms. The molecule has 7 nitrogen and oxygen atoms in total. The maximum absolute atomic E-state index is 12.0. The molecule has 0 spiro atoms. The molecule has 0 aliphatic carbocycles. The Morgan fingerprint density at radius 3 is 2.81 bits per heavy atom.